The maximum atomic E-state index is 11.9. The standard InChI is InChI=1S/C16H21N5OS/c1-11-2-5-14(22)21(18-11)10-12-6-8-20(9-7-12)16-17-15(19-23-16)13-3-4-13/h2,5,12-13H,3-4,6-10H2,1H3. The lowest BCUT2D eigenvalue weighted by Gasteiger charge is -2.31. The lowest BCUT2D eigenvalue weighted by molar-refractivity contribution is 0.334. The Morgan fingerprint density at radius 2 is 2.00 bits per heavy atom. The van der Waals surface area contributed by atoms with Crippen LogP contribution in [0.15, 0.2) is 16.9 Å². The topological polar surface area (TPSA) is 63.9 Å². The van der Waals surface area contributed by atoms with Crippen molar-refractivity contribution in [3.63, 3.8) is 0 Å². The number of rotatable bonds is 4. The fraction of sp³-hybridized carbons (Fsp3) is 0.625. The van der Waals surface area contributed by atoms with E-state index in [1.807, 2.05) is 6.92 Å². The number of aryl methyl sites for hydroxylation is 1. The molecule has 0 aromatic carbocycles. The van der Waals surface area contributed by atoms with Crippen molar-refractivity contribution in [1.29, 1.82) is 0 Å². The molecule has 7 heteroatoms. The molecule has 122 valence electrons. The smallest absolute Gasteiger partial charge is 0.266 e. The lowest BCUT2D eigenvalue weighted by Crippen LogP contribution is -2.36. The van der Waals surface area contributed by atoms with Crippen LogP contribution in [0.1, 0.15) is 43.1 Å². The number of aromatic nitrogens is 4. The van der Waals surface area contributed by atoms with Crippen molar-refractivity contribution >= 4 is 16.7 Å². The Morgan fingerprint density at radius 1 is 1.22 bits per heavy atom. The van der Waals surface area contributed by atoms with Crippen LogP contribution < -0.4 is 10.5 Å². The van der Waals surface area contributed by atoms with Gasteiger partial charge in [0.2, 0.25) is 5.13 Å². The molecular weight excluding hydrogens is 310 g/mol. The third-order valence-corrected chi connectivity index (χ3v) is 5.48. The summed E-state index contributed by atoms with van der Waals surface area (Å²) in [6.07, 6.45) is 4.63. The highest BCUT2D eigenvalue weighted by Gasteiger charge is 2.29. The Labute approximate surface area is 139 Å². The first kappa shape index (κ1) is 14.8. The quantitative estimate of drug-likeness (QED) is 0.859. The summed E-state index contributed by atoms with van der Waals surface area (Å²) in [7, 11) is 0. The minimum absolute atomic E-state index is 0.00349. The Bertz CT molecular complexity index is 743. The van der Waals surface area contributed by atoms with Crippen LogP contribution in [-0.4, -0.2) is 32.2 Å². The van der Waals surface area contributed by atoms with E-state index in [2.05, 4.69) is 14.4 Å². The average Bonchev–Trinajstić information content (AvgIpc) is 3.29. The Morgan fingerprint density at radius 3 is 2.74 bits per heavy atom. The Hall–Kier alpha value is -1.76. The SMILES string of the molecule is Cc1ccc(=O)n(CC2CCN(c3nc(C4CC4)ns3)CC2)n1. The van der Waals surface area contributed by atoms with E-state index in [4.69, 9.17) is 4.98 Å². The van der Waals surface area contributed by atoms with Gasteiger partial charge in [-0.3, -0.25) is 4.79 Å². The summed E-state index contributed by atoms with van der Waals surface area (Å²) in [6.45, 7) is 4.62. The second-order valence-electron chi connectivity index (χ2n) is 6.63. The summed E-state index contributed by atoms with van der Waals surface area (Å²) in [6, 6.07) is 3.38. The van der Waals surface area contributed by atoms with Crippen LogP contribution in [0.4, 0.5) is 5.13 Å². The molecule has 23 heavy (non-hydrogen) atoms. The molecule has 0 atom stereocenters. The van der Waals surface area contributed by atoms with E-state index in [0.717, 1.165) is 49.1 Å². The van der Waals surface area contributed by atoms with Gasteiger partial charge in [0, 0.05) is 43.2 Å². The van der Waals surface area contributed by atoms with Crippen LogP contribution in [0.5, 0.6) is 0 Å². The molecule has 2 fully saturated rings. The zero-order valence-electron chi connectivity index (χ0n) is 13.3. The maximum Gasteiger partial charge on any atom is 0.266 e. The molecule has 2 aromatic heterocycles. The molecule has 1 saturated carbocycles. The van der Waals surface area contributed by atoms with Crippen molar-refractivity contribution in [2.75, 3.05) is 18.0 Å². The summed E-state index contributed by atoms with van der Waals surface area (Å²) in [5.74, 6) is 2.17. The highest BCUT2D eigenvalue weighted by molar-refractivity contribution is 7.09. The van der Waals surface area contributed by atoms with Crippen molar-refractivity contribution in [2.24, 2.45) is 5.92 Å². The average molecular weight is 331 g/mol. The van der Waals surface area contributed by atoms with Crippen molar-refractivity contribution < 1.29 is 0 Å². The van der Waals surface area contributed by atoms with Crippen molar-refractivity contribution in [1.82, 2.24) is 19.1 Å². The predicted molar refractivity (Wildman–Crippen MR) is 90.1 cm³/mol. The zero-order chi connectivity index (χ0) is 15.8. The van der Waals surface area contributed by atoms with Gasteiger partial charge < -0.3 is 4.90 Å². The molecule has 0 radical (unpaired) electrons. The third kappa shape index (κ3) is 3.29. The van der Waals surface area contributed by atoms with E-state index in [1.165, 1.54) is 24.4 Å². The summed E-state index contributed by atoms with van der Waals surface area (Å²) < 4.78 is 6.11. The molecule has 1 aliphatic carbocycles. The number of piperidine rings is 1. The Kier molecular flexibility index (Phi) is 3.88. The number of anilines is 1. The molecule has 0 spiro atoms. The monoisotopic (exact) mass is 331 g/mol. The minimum Gasteiger partial charge on any atom is -0.347 e. The molecule has 0 N–H and O–H groups in total. The van der Waals surface area contributed by atoms with Gasteiger partial charge in [0.05, 0.1) is 5.69 Å². The molecule has 6 nitrogen and oxygen atoms in total. The summed E-state index contributed by atoms with van der Waals surface area (Å²) in [5.41, 5.74) is 0.889. The molecule has 1 saturated heterocycles. The first-order valence-corrected chi connectivity index (χ1v) is 9.10. The van der Waals surface area contributed by atoms with Gasteiger partial charge in [-0.2, -0.15) is 9.47 Å². The first-order chi connectivity index (χ1) is 11.2. The van der Waals surface area contributed by atoms with E-state index >= 15 is 0 Å². The molecule has 0 unspecified atom stereocenters. The van der Waals surface area contributed by atoms with Gasteiger partial charge in [0.1, 0.15) is 5.82 Å². The molecule has 2 aliphatic rings. The minimum atomic E-state index is -0.00349. The van der Waals surface area contributed by atoms with Crippen LogP contribution in [0.2, 0.25) is 0 Å². The van der Waals surface area contributed by atoms with Crippen LogP contribution in [-0.2, 0) is 6.54 Å². The lowest BCUT2D eigenvalue weighted by atomic mass is 9.97. The molecule has 0 amide bonds. The Balaban J connectivity index is 1.36. The number of hydrogen-bond acceptors (Lipinski definition) is 6. The largest absolute Gasteiger partial charge is 0.347 e. The fourth-order valence-electron chi connectivity index (χ4n) is 3.10. The van der Waals surface area contributed by atoms with Gasteiger partial charge >= 0.3 is 0 Å². The number of hydrogen-bond donors (Lipinski definition) is 0. The zero-order valence-corrected chi connectivity index (χ0v) is 14.1. The highest BCUT2D eigenvalue weighted by Crippen LogP contribution is 2.40. The van der Waals surface area contributed by atoms with Gasteiger partial charge in [-0.05, 0) is 44.6 Å². The van der Waals surface area contributed by atoms with E-state index in [0.29, 0.717) is 11.8 Å². The van der Waals surface area contributed by atoms with E-state index in [9.17, 15) is 4.79 Å². The van der Waals surface area contributed by atoms with Gasteiger partial charge in [-0.15, -0.1) is 0 Å². The van der Waals surface area contributed by atoms with Crippen LogP contribution in [0.25, 0.3) is 0 Å². The van der Waals surface area contributed by atoms with Crippen molar-refractivity contribution in [3.05, 3.63) is 34.0 Å². The highest BCUT2D eigenvalue weighted by atomic mass is 32.1. The maximum absolute atomic E-state index is 11.9. The molecule has 0 bridgehead atoms. The predicted octanol–water partition coefficient (Wildman–Crippen LogP) is 2.20. The van der Waals surface area contributed by atoms with Crippen molar-refractivity contribution in [3.8, 4) is 0 Å². The van der Waals surface area contributed by atoms with Gasteiger partial charge in [0.25, 0.3) is 5.56 Å². The summed E-state index contributed by atoms with van der Waals surface area (Å²) in [5, 5.41) is 5.41. The van der Waals surface area contributed by atoms with Gasteiger partial charge in [-0.25, -0.2) is 9.67 Å². The van der Waals surface area contributed by atoms with E-state index in [-0.39, 0.29) is 5.56 Å². The van der Waals surface area contributed by atoms with Crippen LogP contribution in [0, 0.1) is 12.8 Å². The molecule has 1 aliphatic heterocycles. The van der Waals surface area contributed by atoms with Crippen molar-refractivity contribution in [2.45, 2.75) is 45.1 Å². The second kappa shape index (κ2) is 6.03. The molecule has 2 aromatic rings. The fourth-order valence-corrected chi connectivity index (χ4v) is 3.89. The van der Waals surface area contributed by atoms with Crippen LogP contribution in [0.3, 0.4) is 0 Å². The first-order valence-electron chi connectivity index (χ1n) is 8.32. The second-order valence-corrected chi connectivity index (χ2v) is 7.37. The van der Waals surface area contributed by atoms with E-state index in [1.54, 1.807) is 16.8 Å². The van der Waals surface area contributed by atoms with Gasteiger partial charge in [-0.1, -0.05) is 0 Å². The third-order valence-electron chi connectivity index (χ3n) is 4.69. The number of nitrogens with zero attached hydrogens (tertiary/aromatic N) is 5. The molecule has 3 heterocycles. The molecular formula is C16H21N5OS. The summed E-state index contributed by atoms with van der Waals surface area (Å²) >= 11 is 1.53. The molecule has 4 rings (SSSR count). The normalized spacial score (nSPS) is 19.3. The van der Waals surface area contributed by atoms with Crippen LogP contribution >= 0.6 is 11.5 Å². The van der Waals surface area contributed by atoms with E-state index < -0.39 is 0 Å². The van der Waals surface area contributed by atoms with Gasteiger partial charge in [0.15, 0.2) is 0 Å². The summed E-state index contributed by atoms with van der Waals surface area (Å²) in [4.78, 5) is 18.9.